The highest BCUT2D eigenvalue weighted by Crippen LogP contribution is 2.27. The average Bonchev–Trinajstić information content (AvgIpc) is 3.03. The van der Waals surface area contributed by atoms with Gasteiger partial charge in [-0.15, -0.1) is 0 Å². The van der Waals surface area contributed by atoms with E-state index in [4.69, 9.17) is 14.7 Å². The molecule has 0 spiro atoms. The molecule has 0 atom stereocenters. The Balaban J connectivity index is 1.69. The van der Waals surface area contributed by atoms with E-state index in [1.165, 1.54) is 0 Å². The molecule has 8 nitrogen and oxygen atoms in total. The lowest BCUT2D eigenvalue weighted by atomic mass is 10.3. The number of piperazine rings is 1. The van der Waals surface area contributed by atoms with Gasteiger partial charge in [0.2, 0.25) is 5.95 Å². The van der Waals surface area contributed by atoms with Crippen molar-refractivity contribution in [2.45, 2.75) is 6.92 Å². The Labute approximate surface area is 142 Å². The summed E-state index contributed by atoms with van der Waals surface area (Å²) in [5.41, 5.74) is 0.902. The van der Waals surface area contributed by atoms with Crippen molar-refractivity contribution >= 4 is 22.8 Å². The van der Waals surface area contributed by atoms with Gasteiger partial charge in [-0.05, 0) is 6.54 Å². The fourth-order valence-corrected chi connectivity index (χ4v) is 3.42. The van der Waals surface area contributed by atoms with Crippen LogP contribution in [-0.2, 0) is 11.8 Å². The van der Waals surface area contributed by atoms with Gasteiger partial charge in [0.05, 0.1) is 24.8 Å². The van der Waals surface area contributed by atoms with Gasteiger partial charge in [0.15, 0.2) is 5.65 Å². The van der Waals surface area contributed by atoms with E-state index < -0.39 is 0 Å². The van der Waals surface area contributed by atoms with Crippen LogP contribution in [0.2, 0.25) is 0 Å². The second-order valence-electron chi connectivity index (χ2n) is 6.37. The molecule has 0 saturated carbocycles. The first-order valence-electron chi connectivity index (χ1n) is 8.76. The van der Waals surface area contributed by atoms with E-state index in [9.17, 15) is 0 Å². The van der Waals surface area contributed by atoms with Crippen molar-refractivity contribution in [1.29, 1.82) is 0 Å². The SMILES string of the molecule is CCN1CCN(c2nc(N3CCOCC3)c3cnn(C)c3n2)CC1. The topological polar surface area (TPSA) is 62.6 Å². The first-order chi connectivity index (χ1) is 11.8. The number of hydrogen-bond donors (Lipinski definition) is 0. The molecule has 8 heteroatoms. The summed E-state index contributed by atoms with van der Waals surface area (Å²) in [5.74, 6) is 1.81. The Morgan fingerprint density at radius 1 is 1.00 bits per heavy atom. The van der Waals surface area contributed by atoms with Crippen LogP contribution in [0.5, 0.6) is 0 Å². The summed E-state index contributed by atoms with van der Waals surface area (Å²) in [6, 6.07) is 0. The minimum atomic E-state index is 0.746. The molecule has 4 heterocycles. The minimum Gasteiger partial charge on any atom is -0.378 e. The van der Waals surface area contributed by atoms with E-state index in [1.54, 1.807) is 0 Å². The van der Waals surface area contributed by atoms with Gasteiger partial charge in [-0.3, -0.25) is 4.68 Å². The van der Waals surface area contributed by atoms with Gasteiger partial charge in [-0.1, -0.05) is 6.92 Å². The number of fused-ring (bicyclic) bond motifs is 1. The van der Waals surface area contributed by atoms with E-state index in [1.807, 2.05) is 17.9 Å². The van der Waals surface area contributed by atoms with Crippen molar-refractivity contribution in [1.82, 2.24) is 24.6 Å². The first kappa shape index (κ1) is 15.6. The van der Waals surface area contributed by atoms with E-state index in [0.717, 1.165) is 81.8 Å². The van der Waals surface area contributed by atoms with Gasteiger partial charge < -0.3 is 19.4 Å². The standard InChI is InChI=1S/C16H25N7O/c1-3-21-4-6-23(7-5-21)16-18-14-13(12-17-20(14)2)15(19-16)22-8-10-24-11-9-22/h12H,3-11H2,1-2H3. The molecule has 2 aliphatic rings. The molecule has 0 radical (unpaired) electrons. The molecule has 2 fully saturated rings. The molecule has 0 N–H and O–H groups in total. The van der Waals surface area contributed by atoms with Gasteiger partial charge in [0.1, 0.15) is 5.82 Å². The molecule has 2 aromatic rings. The van der Waals surface area contributed by atoms with Crippen molar-refractivity contribution in [3.05, 3.63) is 6.20 Å². The molecule has 130 valence electrons. The number of anilines is 2. The van der Waals surface area contributed by atoms with Crippen molar-refractivity contribution in [3.63, 3.8) is 0 Å². The van der Waals surface area contributed by atoms with Crippen molar-refractivity contribution in [3.8, 4) is 0 Å². The molecule has 4 rings (SSSR count). The van der Waals surface area contributed by atoms with Crippen LogP contribution in [0.1, 0.15) is 6.92 Å². The molecule has 0 unspecified atom stereocenters. The number of nitrogens with zero attached hydrogens (tertiary/aromatic N) is 7. The highest BCUT2D eigenvalue weighted by molar-refractivity contribution is 5.88. The highest BCUT2D eigenvalue weighted by atomic mass is 16.5. The third-order valence-electron chi connectivity index (χ3n) is 4.97. The average molecular weight is 331 g/mol. The summed E-state index contributed by atoms with van der Waals surface area (Å²) in [6.07, 6.45) is 1.87. The molecule has 0 amide bonds. The van der Waals surface area contributed by atoms with Crippen LogP contribution in [0.4, 0.5) is 11.8 Å². The number of hydrogen-bond acceptors (Lipinski definition) is 7. The normalized spacial score (nSPS) is 20.1. The highest BCUT2D eigenvalue weighted by Gasteiger charge is 2.23. The monoisotopic (exact) mass is 331 g/mol. The van der Waals surface area contributed by atoms with E-state index in [0.29, 0.717) is 0 Å². The van der Waals surface area contributed by atoms with Gasteiger partial charge in [-0.25, -0.2) is 0 Å². The van der Waals surface area contributed by atoms with E-state index >= 15 is 0 Å². The third kappa shape index (κ3) is 2.80. The smallest absolute Gasteiger partial charge is 0.229 e. The van der Waals surface area contributed by atoms with Crippen LogP contribution < -0.4 is 9.80 Å². The number of likely N-dealkylation sites (N-methyl/N-ethyl adjacent to an activating group) is 1. The Bertz CT molecular complexity index is 702. The zero-order valence-corrected chi connectivity index (χ0v) is 14.5. The summed E-state index contributed by atoms with van der Waals surface area (Å²) in [6.45, 7) is 10.6. The molecule has 2 saturated heterocycles. The lowest BCUT2D eigenvalue weighted by Gasteiger charge is -2.35. The second kappa shape index (κ2) is 6.52. The maximum atomic E-state index is 5.49. The summed E-state index contributed by atoms with van der Waals surface area (Å²) in [4.78, 5) is 16.8. The van der Waals surface area contributed by atoms with Crippen LogP contribution in [0, 0.1) is 0 Å². The fraction of sp³-hybridized carbons (Fsp3) is 0.688. The van der Waals surface area contributed by atoms with Gasteiger partial charge >= 0.3 is 0 Å². The largest absolute Gasteiger partial charge is 0.378 e. The Morgan fingerprint density at radius 2 is 1.75 bits per heavy atom. The molecule has 2 aromatic heterocycles. The van der Waals surface area contributed by atoms with Crippen molar-refractivity contribution in [2.24, 2.45) is 7.05 Å². The van der Waals surface area contributed by atoms with Crippen molar-refractivity contribution < 1.29 is 4.74 Å². The number of aryl methyl sites for hydroxylation is 1. The van der Waals surface area contributed by atoms with Crippen LogP contribution in [-0.4, -0.2) is 83.7 Å². The third-order valence-corrected chi connectivity index (χ3v) is 4.97. The molecule has 0 aromatic carbocycles. The van der Waals surface area contributed by atoms with E-state index in [-0.39, 0.29) is 0 Å². The Hall–Kier alpha value is -1.93. The molecule has 0 bridgehead atoms. The van der Waals surface area contributed by atoms with Gasteiger partial charge in [0, 0.05) is 46.3 Å². The van der Waals surface area contributed by atoms with Gasteiger partial charge in [0.25, 0.3) is 0 Å². The van der Waals surface area contributed by atoms with Crippen LogP contribution >= 0.6 is 0 Å². The minimum absolute atomic E-state index is 0.746. The predicted octanol–water partition coefficient (Wildman–Crippen LogP) is 0.342. The maximum absolute atomic E-state index is 5.49. The van der Waals surface area contributed by atoms with Crippen molar-refractivity contribution in [2.75, 3.05) is 68.8 Å². The number of morpholine rings is 1. The van der Waals surface area contributed by atoms with Crippen LogP contribution in [0.25, 0.3) is 11.0 Å². The first-order valence-corrected chi connectivity index (χ1v) is 8.76. The summed E-state index contributed by atoms with van der Waals surface area (Å²) < 4.78 is 7.33. The fourth-order valence-electron chi connectivity index (χ4n) is 3.42. The van der Waals surface area contributed by atoms with E-state index in [2.05, 4.69) is 26.7 Å². The Kier molecular flexibility index (Phi) is 4.24. The summed E-state index contributed by atoms with van der Waals surface area (Å²) >= 11 is 0. The molecular formula is C16H25N7O. The van der Waals surface area contributed by atoms with Gasteiger partial charge in [-0.2, -0.15) is 15.1 Å². The number of rotatable bonds is 3. The molecule has 0 aliphatic carbocycles. The summed E-state index contributed by atoms with van der Waals surface area (Å²) in [7, 11) is 1.94. The van der Waals surface area contributed by atoms with Crippen LogP contribution in [0.3, 0.4) is 0 Å². The number of ether oxygens (including phenoxy) is 1. The molecule has 2 aliphatic heterocycles. The zero-order chi connectivity index (χ0) is 16.5. The lowest BCUT2D eigenvalue weighted by Crippen LogP contribution is -2.47. The number of aromatic nitrogens is 4. The molecule has 24 heavy (non-hydrogen) atoms. The van der Waals surface area contributed by atoms with Crippen LogP contribution in [0.15, 0.2) is 6.20 Å². The lowest BCUT2D eigenvalue weighted by molar-refractivity contribution is 0.122. The zero-order valence-electron chi connectivity index (χ0n) is 14.5. The quantitative estimate of drug-likeness (QED) is 0.804. The summed E-state index contributed by atoms with van der Waals surface area (Å²) in [5, 5.41) is 5.42. The Morgan fingerprint density at radius 3 is 2.46 bits per heavy atom. The second-order valence-corrected chi connectivity index (χ2v) is 6.37. The predicted molar refractivity (Wildman–Crippen MR) is 93.7 cm³/mol. The maximum Gasteiger partial charge on any atom is 0.229 e. The molecular weight excluding hydrogens is 306 g/mol.